The molecule has 0 amide bonds. The molecule has 0 radical (unpaired) electrons. The third-order valence-corrected chi connectivity index (χ3v) is 4.55. The summed E-state index contributed by atoms with van der Waals surface area (Å²) >= 11 is 0. The van der Waals surface area contributed by atoms with Gasteiger partial charge < -0.3 is 9.84 Å². The van der Waals surface area contributed by atoms with E-state index in [9.17, 15) is 8.78 Å². The molecule has 0 unspecified atom stereocenters. The molecule has 0 aromatic heterocycles. The van der Waals surface area contributed by atoms with Crippen molar-refractivity contribution in [1.29, 1.82) is 5.26 Å². The van der Waals surface area contributed by atoms with E-state index in [-0.39, 0.29) is 5.75 Å². The van der Waals surface area contributed by atoms with Crippen molar-refractivity contribution < 1.29 is 18.6 Å². The minimum Gasteiger partial charge on any atom is -0.497 e. The number of rotatable bonds is 4. The number of methoxy groups -OCH3 is 1. The van der Waals surface area contributed by atoms with E-state index in [2.05, 4.69) is 74.0 Å². The lowest BCUT2D eigenvalue weighted by Gasteiger charge is -2.07. The van der Waals surface area contributed by atoms with Gasteiger partial charge in [-0.1, -0.05) is 74.9 Å². The topological polar surface area (TPSA) is 53.2 Å². The van der Waals surface area contributed by atoms with Crippen LogP contribution in [0.25, 0.3) is 11.1 Å². The molecule has 32 heavy (non-hydrogen) atoms. The highest BCUT2D eigenvalue weighted by Crippen LogP contribution is 2.23. The molecule has 3 nitrogen and oxygen atoms in total. The van der Waals surface area contributed by atoms with Crippen LogP contribution in [0.5, 0.6) is 5.75 Å². The van der Waals surface area contributed by atoms with Gasteiger partial charge in [-0.05, 0) is 36.0 Å². The van der Waals surface area contributed by atoms with Crippen molar-refractivity contribution in [2.24, 2.45) is 0 Å². The van der Waals surface area contributed by atoms with Gasteiger partial charge in [-0.2, -0.15) is 5.26 Å². The van der Waals surface area contributed by atoms with Crippen molar-refractivity contribution in [3.8, 4) is 22.9 Å². The fraction of sp³-hybridized carbons (Fsp3) is 0.296. The number of aliphatic hydroxyl groups excluding tert-OH is 1. The van der Waals surface area contributed by atoms with Crippen LogP contribution in [0.4, 0.5) is 8.78 Å². The molecule has 0 saturated carbocycles. The van der Waals surface area contributed by atoms with Crippen molar-refractivity contribution >= 4 is 0 Å². The molecule has 0 aliphatic rings. The van der Waals surface area contributed by atoms with Crippen LogP contribution in [0, 0.1) is 29.9 Å². The summed E-state index contributed by atoms with van der Waals surface area (Å²) in [6, 6.07) is 20.9. The van der Waals surface area contributed by atoms with Crippen molar-refractivity contribution in [2.45, 2.75) is 40.0 Å². The van der Waals surface area contributed by atoms with Gasteiger partial charge in [0, 0.05) is 18.7 Å². The summed E-state index contributed by atoms with van der Waals surface area (Å²) in [5, 5.41) is 16.2. The Morgan fingerprint density at radius 2 is 1.38 bits per heavy atom. The number of hydrogen-bond donors (Lipinski definition) is 1. The van der Waals surface area contributed by atoms with Crippen LogP contribution in [0.2, 0.25) is 0 Å². The highest BCUT2D eigenvalue weighted by Gasteiger charge is 2.10. The van der Waals surface area contributed by atoms with Crippen molar-refractivity contribution in [2.75, 3.05) is 13.7 Å². The maximum atomic E-state index is 12.8. The first-order valence-corrected chi connectivity index (χ1v) is 10.5. The average molecular weight is 440 g/mol. The van der Waals surface area contributed by atoms with Crippen LogP contribution < -0.4 is 4.74 Å². The molecule has 0 aliphatic heterocycles. The molecule has 0 bridgehead atoms. The normalized spacial score (nSPS) is 9.75. The zero-order valence-electron chi connectivity index (χ0n) is 19.3. The van der Waals surface area contributed by atoms with Crippen LogP contribution in [0.15, 0.2) is 60.7 Å². The van der Waals surface area contributed by atoms with Gasteiger partial charge in [0.15, 0.2) is 0 Å². The Bertz CT molecular complexity index is 967. The minimum atomic E-state index is -0.908. The first kappa shape index (κ1) is 26.8. The maximum Gasteiger partial charge on any atom is 0.147 e. The van der Waals surface area contributed by atoms with Gasteiger partial charge in [-0.3, -0.25) is 0 Å². The van der Waals surface area contributed by atoms with E-state index in [4.69, 9.17) is 10.4 Å². The Morgan fingerprint density at radius 1 is 0.938 bits per heavy atom. The van der Waals surface area contributed by atoms with Crippen molar-refractivity contribution in [3.63, 3.8) is 0 Å². The van der Waals surface area contributed by atoms with E-state index >= 15 is 0 Å². The van der Waals surface area contributed by atoms with Gasteiger partial charge in [0.2, 0.25) is 0 Å². The van der Waals surface area contributed by atoms with E-state index in [1.807, 2.05) is 6.92 Å². The summed E-state index contributed by atoms with van der Waals surface area (Å²) in [7, 11) is 1.29. The monoisotopic (exact) mass is 439 g/mol. The number of aliphatic hydroxyl groups is 1. The molecular formula is C27H31F2NO2. The third-order valence-electron chi connectivity index (χ3n) is 4.55. The van der Waals surface area contributed by atoms with Crippen LogP contribution in [-0.2, 0) is 0 Å². The van der Waals surface area contributed by atoms with E-state index in [1.165, 1.54) is 35.4 Å². The lowest BCUT2D eigenvalue weighted by molar-refractivity contribution is 0.295. The largest absolute Gasteiger partial charge is 0.497 e. The number of hydrogen-bond acceptors (Lipinski definition) is 3. The molecule has 170 valence electrons. The molecule has 0 fully saturated rings. The van der Waals surface area contributed by atoms with Crippen molar-refractivity contribution in [1.82, 2.24) is 0 Å². The summed E-state index contributed by atoms with van der Waals surface area (Å²) in [6.07, 6.45) is 0.875. The number of nitrogens with zero attached hydrogens (tertiary/aromatic N) is 1. The van der Waals surface area contributed by atoms with Gasteiger partial charge >= 0.3 is 0 Å². The predicted octanol–water partition coefficient (Wildman–Crippen LogP) is 7.02. The van der Waals surface area contributed by atoms with Crippen LogP contribution in [-0.4, -0.2) is 18.8 Å². The summed E-state index contributed by atoms with van der Waals surface area (Å²) in [5.74, 6) is -1.15. The standard InChI is InChI=1S/C16H18.C8H5F2NO.C3H8O/c1-12(2)14-8-10-16(11-9-14)15-6-4-13(3)5-7-15;1-12-5-2-7(9)6(4-11)8(10)3-5;1-2-3-4/h4-12H,1-3H3;2-3H,1H3;4H,2-3H2,1H3. The number of benzene rings is 3. The van der Waals surface area contributed by atoms with Crippen LogP contribution >= 0.6 is 0 Å². The number of ether oxygens (including phenoxy) is 1. The molecule has 3 aromatic rings. The molecule has 0 heterocycles. The Kier molecular flexibility index (Phi) is 11.7. The molecular weight excluding hydrogens is 408 g/mol. The lowest BCUT2D eigenvalue weighted by Crippen LogP contribution is -1.92. The zero-order chi connectivity index (χ0) is 24.1. The van der Waals surface area contributed by atoms with E-state index in [0.717, 1.165) is 18.6 Å². The lowest BCUT2D eigenvalue weighted by atomic mass is 9.98. The smallest absolute Gasteiger partial charge is 0.147 e. The number of nitriles is 1. The second-order valence-corrected chi connectivity index (χ2v) is 7.44. The summed E-state index contributed by atoms with van der Waals surface area (Å²) < 4.78 is 30.1. The van der Waals surface area contributed by atoms with Crippen LogP contribution in [0.3, 0.4) is 0 Å². The highest BCUT2D eigenvalue weighted by atomic mass is 19.1. The molecule has 5 heteroatoms. The van der Waals surface area contributed by atoms with Gasteiger partial charge in [-0.25, -0.2) is 8.78 Å². The third kappa shape index (κ3) is 8.49. The Hall–Kier alpha value is -3.23. The first-order valence-electron chi connectivity index (χ1n) is 10.5. The maximum absolute atomic E-state index is 12.8. The number of aryl methyl sites for hydroxylation is 1. The second kappa shape index (κ2) is 14.0. The highest BCUT2D eigenvalue weighted by molar-refractivity contribution is 5.64. The predicted molar refractivity (Wildman–Crippen MR) is 126 cm³/mol. The molecule has 0 aliphatic carbocycles. The average Bonchev–Trinajstić information content (AvgIpc) is 2.80. The van der Waals surface area contributed by atoms with Gasteiger partial charge in [-0.15, -0.1) is 0 Å². The van der Waals surface area contributed by atoms with Gasteiger partial charge in [0.05, 0.1) is 7.11 Å². The Labute approximate surface area is 189 Å². The Morgan fingerprint density at radius 3 is 1.72 bits per heavy atom. The second-order valence-electron chi connectivity index (χ2n) is 7.44. The summed E-state index contributed by atoms with van der Waals surface area (Å²) in [6.45, 7) is 8.81. The fourth-order valence-corrected chi connectivity index (χ4v) is 2.58. The molecule has 0 atom stereocenters. The van der Waals surface area contributed by atoms with Crippen molar-refractivity contribution in [3.05, 3.63) is 89.0 Å². The SMILES string of the molecule is CCCO.COc1cc(F)c(C#N)c(F)c1.Cc1ccc(-c2ccc(C(C)C)cc2)cc1. The van der Waals surface area contributed by atoms with E-state index in [1.54, 1.807) is 0 Å². The van der Waals surface area contributed by atoms with Crippen LogP contribution in [0.1, 0.15) is 49.8 Å². The quantitative estimate of drug-likeness (QED) is 0.475. The molecule has 3 rings (SSSR count). The minimum absolute atomic E-state index is 0.0593. The molecule has 3 aromatic carbocycles. The Balaban J connectivity index is 0.000000283. The zero-order valence-corrected chi connectivity index (χ0v) is 19.3. The number of halogens is 2. The summed E-state index contributed by atoms with van der Waals surface area (Å²) in [4.78, 5) is 0. The summed E-state index contributed by atoms with van der Waals surface area (Å²) in [5.41, 5.74) is 4.71. The van der Waals surface area contributed by atoms with Gasteiger partial charge in [0.1, 0.15) is 29.0 Å². The van der Waals surface area contributed by atoms with E-state index in [0.29, 0.717) is 12.5 Å². The van der Waals surface area contributed by atoms with E-state index < -0.39 is 17.2 Å². The van der Waals surface area contributed by atoms with Gasteiger partial charge in [0.25, 0.3) is 0 Å². The first-order chi connectivity index (χ1) is 15.3. The molecule has 1 N–H and O–H groups in total. The molecule has 0 saturated heterocycles. The fourth-order valence-electron chi connectivity index (χ4n) is 2.58. The molecule has 0 spiro atoms.